The van der Waals surface area contributed by atoms with Crippen molar-refractivity contribution in [3.8, 4) is 5.75 Å². The number of rotatable bonds is 3. The average Bonchev–Trinajstić information content (AvgIpc) is 2.38. The smallest absolute Gasteiger partial charge is 0.228 e. The highest BCUT2D eigenvalue weighted by Crippen LogP contribution is 2.23. The topological polar surface area (TPSA) is 75.3 Å². The van der Waals surface area contributed by atoms with Crippen molar-refractivity contribution in [2.24, 2.45) is 0 Å². The molecule has 0 saturated carbocycles. The molecular weight excluding hydrogens is 266 g/mol. The van der Waals surface area contributed by atoms with Crippen LogP contribution in [0.25, 0.3) is 0 Å². The maximum absolute atomic E-state index is 13.4. The third-order valence-corrected chi connectivity index (χ3v) is 2.69. The van der Waals surface area contributed by atoms with Crippen molar-refractivity contribution < 1.29 is 18.7 Å². The van der Waals surface area contributed by atoms with Crippen molar-refractivity contribution in [3.05, 3.63) is 53.6 Å². The zero-order valence-electron chi connectivity index (χ0n) is 10.4. The van der Waals surface area contributed by atoms with Gasteiger partial charge in [-0.15, -0.1) is 0 Å². The molecule has 0 atom stereocenters. The number of benzene rings is 2. The van der Waals surface area contributed by atoms with Crippen LogP contribution in [0.4, 0.5) is 20.2 Å². The van der Waals surface area contributed by atoms with E-state index in [0.717, 1.165) is 6.07 Å². The number of carbonyl (C=O) groups is 1. The molecule has 104 valence electrons. The molecule has 0 aliphatic carbocycles. The summed E-state index contributed by atoms with van der Waals surface area (Å²) in [7, 11) is 0. The fraction of sp³-hybridized carbons (Fsp3) is 0.0714. The molecule has 1 amide bonds. The molecule has 4 nitrogen and oxygen atoms in total. The lowest BCUT2D eigenvalue weighted by molar-refractivity contribution is -0.115. The van der Waals surface area contributed by atoms with Crippen LogP contribution in [0.3, 0.4) is 0 Å². The lowest BCUT2D eigenvalue weighted by Crippen LogP contribution is -2.16. The van der Waals surface area contributed by atoms with Crippen LogP contribution in [-0.4, -0.2) is 11.0 Å². The van der Waals surface area contributed by atoms with E-state index >= 15 is 0 Å². The summed E-state index contributed by atoms with van der Waals surface area (Å²) >= 11 is 0. The highest BCUT2D eigenvalue weighted by atomic mass is 19.2. The SMILES string of the molecule is Nc1cc(O)ccc1NC(=O)Cc1cccc(F)c1F. The Balaban J connectivity index is 2.11. The summed E-state index contributed by atoms with van der Waals surface area (Å²) in [4.78, 5) is 11.8. The molecule has 0 saturated heterocycles. The summed E-state index contributed by atoms with van der Waals surface area (Å²) < 4.78 is 26.4. The number of aromatic hydroxyl groups is 1. The molecule has 20 heavy (non-hydrogen) atoms. The van der Waals surface area contributed by atoms with E-state index in [0.29, 0.717) is 5.69 Å². The van der Waals surface area contributed by atoms with E-state index in [9.17, 15) is 18.7 Å². The van der Waals surface area contributed by atoms with Crippen molar-refractivity contribution in [2.45, 2.75) is 6.42 Å². The van der Waals surface area contributed by atoms with Gasteiger partial charge in [-0.25, -0.2) is 8.78 Å². The molecule has 0 spiro atoms. The summed E-state index contributed by atoms with van der Waals surface area (Å²) in [6, 6.07) is 7.69. The number of amides is 1. The zero-order chi connectivity index (χ0) is 14.7. The van der Waals surface area contributed by atoms with Gasteiger partial charge in [0.25, 0.3) is 0 Å². The number of carbonyl (C=O) groups excluding carboxylic acids is 1. The summed E-state index contributed by atoms with van der Waals surface area (Å²) in [5.41, 5.74) is 6.04. The fourth-order valence-corrected chi connectivity index (χ4v) is 1.72. The number of nitrogens with two attached hydrogens (primary N) is 1. The van der Waals surface area contributed by atoms with Gasteiger partial charge in [0.05, 0.1) is 17.8 Å². The van der Waals surface area contributed by atoms with Crippen molar-refractivity contribution >= 4 is 17.3 Å². The normalized spacial score (nSPS) is 10.3. The van der Waals surface area contributed by atoms with Gasteiger partial charge in [0, 0.05) is 11.6 Å². The van der Waals surface area contributed by atoms with Gasteiger partial charge in [0.2, 0.25) is 5.91 Å². The van der Waals surface area contributed by atoms with Crippen LogP contribution >= 0.6 is 0 Å². The van der Waals surface area contributed by atoms with Crippen LogP contribution in [0.2, 0.25) is 0 Å². The van der Waals surface area contributed by atoms with Crippen LogP contribution in [0, 0.1) is 11.6 Å². The second kappa shape index (κ2) is 5.56. The standard InChI is InChI=1S/C14H12F2N2O2/c15-10-3-1-2-8(14(10)16)6-13(20)18-12-5-4-9(19)7-11(12)17/h1-5,7,19H,6,17H2,(H,18,20). The Morgan fingerprint density at radius 3 is 2.70 bits per heavy atom. The van der Waals surface area contributed by atoms with E-state index in [2.05, 4.69) is 5.32 Å². The van der Waals surface area contributed by atoms with Crippen LogP contribution in [0.1, 0.15) is 5.56 Å². The lowest BCUT2D eigenvalue weighted by atomic mass is 10.1. The Labute approximate surface area is 113 Å². The minimum Gasteiger partial charge on any atom is -0.508 e. The predicted octanol–water partition coefficient (Wildman–Crippen LogP) is 2.43. The van der Waals surface area contributed by atoms with E-state index in [1.165, 1.54) is 30.3 Å². The molecule has 2 aromatic rings. The summed E-state index contributed by atoms with van der Waals surface area (Å²) in [6.45, 7) is 0. The number of anilines is 2. The van der Waals surface area contributed by atoms with Gasteiger partial charge in [-0.3, -0.25) is 4.79 Å². The second-order valence-electron chi connectivity index (χ2n) is 4.21. The molecule has 6 heteroatoms. The van der Waals surface area contributed by atoms with E-state index in [4.69, 9.17) is 5.73 Å². The molecule has 0 radical (unpaired) electrons. The van der Waals surface area contributed by atoms with Crippen molar-refractivity contribution in [1.29, 1.82) is 0 Å². The minimum absolute atomic E-state index is 0.0309. The Kier molecular flexibility index (Phi) is 3.84. The summed E-state index contributed by atoms with van der Waals surface area (Å²) in [5, 5.41) is 11.7. The minimum atomic E-state index is -1.04. The molecule has 0 bridgehead atoms. The largest absolute Gasteiger partial charge is 0.508 e. The van der Waals surface area contributed by atoms with Gasteiger partial charge in [0.15, 0.2) is 11.6 Å². The fourth-order valence-electron chi connectivity index (χ4n) is 1.72. The van der Waals surface area contributed by atoms with Crippen molar-refractivity contribution in [2.75, 3.05) is 11.1 Å². The summed E-state index contributed by atoms with van der Waals surface area (Å²) in [5.74, 6) is -2.61. The van der Waals surface area contributed by atoms with Crippen molar-refractivity contribution in [1.82, 2.24) is 0 Å². The van der Waals surface area contributed by atoms with Gasteiger partial charge in [-0.05, 0) is 18.2 Å². The molecule has 0 fully saturated rings. The Bertz CT molecular complexity index is 660. The van der Waals surface area contributed by atoms with Gasteiger partial charge in [0.1, 0.15) is 5.75 Å². The third kappa shape index (κ3) is 3.03. The predicted molar refractivity (Wildman–Crippen MR) is 71.2 cm³/mol. The quantitative estimate of drug-likeness (QED) is 0.596. The highest BCUT2D eigenvalue weighted by molar-refractivity contribution is 5.95. The maximum Gasteiger partial charge on any atom is 0.228 e. The number of hydrogen-bond acceptors (Lipinski definition) is 3. The number of phenols is 1. The van der Waals surface area contributed by atoms with Gasteiger partial charge in [-0.1, -0.05) is 12.1 Å². The van der Waals surface area contributed by atoms with Crippen LogP contribution < -0.4 is 11.1 Å². The van der Waals surface area contributed by atoms with E-state index in [1.807, 2.05) is 0 Å². The summed E-state index contributed by atoms with van der Waals surface area (Å²) in [6.07, 6.45) is -0.316. The number of phenolic OH excluding ortho intramolecular Hbond substituents is 1. The van der Waals surface area contributed by atoms with Gasteiger partial charge < -0.3 is 16.2 Å². The Hall–Kier alpha value is -2.63. The molecule has 0 unspecified atom stereocenters. The number of hydrogen-bond donors (Lipinski definition) is 3. The zero-order valence-corrected chi connectivity index (χ0v) is 10.4. The van der Waals surface area contributed by atoms with Gasteiger partial charge in [-0.2, -0.15) is 0 Å². The molecule has 0 aromatic heterocycles. The average molecular weight is 278 g/mol. The van der Waals surface area contributed by atoms with E-state index in [-0.39, 0.29) is 23.4 Å². The highest BCUT2D eigenvalue weighted by Gasteiger charge is 2.12. The molecule has 0 heterocycles. The molecule has 2 aromatic carbocycles. The third-order valence-electron chi connectivity index (χ3n) is 2.69. The first-order chi connectivity index (χ1) is 9.47. The van der Waals surface area contributed by atoms with E-state index < -0.39 is 17.5 Å². The van der Waals surface area contributed by atoms with Gasteiger partial charge >= 0.3 is 0 Å². The van der Waals surface area contributed by atoms with E-state index in [1.54, 1.807) is 0 Å². The Morgan fingerprint density at radius 1 is 1.25 bits per heavy atom. The second-order valence-corrected chi connectivity index (χ2v) is 4.21. The number of nitrogens with one attached hydrogen (secondary N) is 1. The molecule has 4 N–H and O–H groups in total. The number of halogens is 2. The van der Waals surface area contributed by atoms with Crippen molar-refractivity contribution in [3.63, 3.8) is 0 Å². The molecule has 0 aliphatic rings. The maximum atomic E-state index is 13.4. The molecular formula is C14H12F2N2O2. The van der Waals surface area contributed by atoms with Crippen LogP contribution in [-0.2, 0) is 11.2 Å². The monoisotopic (exact) mass is 278 g/mol. The first-order valence-corrected chi connectivity index (χ1v) is 5.78. The van der Waals surface area contributed by atoms with Crippen LogP contribution in [0.5, 0.6) is 5.75 Å². The molecule has 2 rings (SSSR count). The first kappa shape index (κ1) is 13.8. The molecule has 0 aliphatic heterocycles. The van der Waals surface area contributed by atoms with Crippen LogP contribution in [0.15, 0.2) is 36.4 Å². The number of nitrogen functional groups attached to an aromatic ring is 1. The first-order valence-electron chi connectivity index (χ1n) is 5.78. The Morgan fingerprint density at radius 2 is 2.00 bits per heavy atom. The lowest BCUT2D eigenvalue weighted by Gasteiger charge is -2.09.